The molecular weight excluding hydrogens is 434 g/mol. The van der Waals surface area contributed by atoms with E-state index in [-0.39, 0.29) is 35.7 Å². The molecule has 0 amide bonds. The van der Waals surface area contributed by atoms with Crippen molar-refractivity contribution < 1.29 is 8.95 Å². The van der Waals surface area contributed by atoms with Gasteiger partial charge in [0.1, 0.15) is 11.2 Å². The van der Waals surface area contributed by atoms with Crippen molar-refractivity contribution >= 4 is 44.8 Å². The van der Waals surface area contributed by atoms with Gasteiger partial charge in [-0.3, -0.25) is 9.00 Å². The number of nitrogens with one attached hydrogen (secondary N) is 2. The van der Waals surface area contributed by atoms with E-state index in [0.29, 0.717) is 35.9 Å². The molecule has 12 heteroatoms. The standard InChI is InChI=1S/C20H23N7O4S/c28-20-18-15(22-13-23-20)11-17(27(29)5-9-32(30)10-6-27)25-19(18)24-14-1-2-16(21-12-14)26-3-7-31-8-4-26/h1-2,11-13H,3-10H2,(H,24,25)(H,22,23,28). The first kappa shape index (κ1) is 20.9. The summed E-state index contributed by atoms with van der Waals surface area (Å²) in [4.78, 5) is 30.5. The number of hydrogen-bond acceptors (Lipinski definition) is 9. The molecule has 0 bridgehead atoms. The lowest BCUT2D eigenvalue weighted by Gasteiger charge is -2.43. The number of hydroxylamine groups is 2. The molecule has 2 N–H and O–H groups in total. The first-order valence-corrected chi connectivity index (χ1v) is 11.9. The lowest BCUT2D eigenvalue weighted by Crippen LogP contribution is -2.52. The number of fused-ring (bicyclic) bond motifs is 1. The van der Waals surface area contributed by atoms with Crippen molar-refractivity contribution in [1.29, 1.82) is 0 Å². The van der Waals surface area contributed by atoms with Crippen LogP contribution in [0, 0.1) is 5.21 Å². The van der Waals surface area contributed by atoms with E-state index in [0.717, 1.165) is 18.9 Å². The fraction of sp³-hybridized carbons (Fsp3) is 0.400. The second-order valence-electron chi connectivity index (χ2n) is 7.77. The highest BCUT2D eigenvalue weighted by molar-refractivity contribution is 7.85. The number of ether oxygens (including phenoxy) is 1. The third kappa shape index (κ3) is 4.09. The van der Waals surface area contributed by atoms with Crippen molar-refractivity contribution in [2.75, 3.05) is 61.1 Å². The van der Waals surface area contributed by atoms with Crippen LogP contribution in [0.25, 0.3) is 10.9 Å². The Morgan fingerprint density at radius 3 is 2.69 bits per heavy atom. The van der Waals surface area contributed by atoms with Gasteiger partial charge in [-0.05, 0) is 12.1 Å². The van der Waals surface area contributed by atoms with Crippen LogP contribution in [-0.4, -0.2) is 75.0 Å². The molecular formula is C20H23N7O4S. The lowest BCUT2D eigenvalue weighted by atomic mass is 10.2. The lowest BCUT2D eigenvalue weighted by molar-refractivity contribution is 0.122. The fourth-order valence-electron chi connectivity index (χ4n) is 3.89. The van der Waals surface area contributed by atoms with Gasteiger partial charge in [-0.2, -0.15) is 4.98 Å². The maximum atomic E-state index is 13.4. The summed E-state index contributed by atoms with van der Waals surface area (Å²) in [5.74, 6) is 1.97. The maximum absolute atomic E-state index is 13.4. The number of nitrogens with zero attached hydrogens (tertiary/aromatic N) is 5. The molecule has 5 heterocycles. The molecule has 0 radical (unpaired) electrons. The average Bonchev–Trinajstić information content (AvgIpc) is 2.82. The first-order chi connectivity index (χ1) is 15.5. The van der Waals surface area contributed by atoms with Crippen molar-refractivity contribution in [3.63, 3.8) is 0 Å². The third-order valence-electron chi connectivity index (χ3n) is 5.73. The molecule has 2 fully saturated rings. The first-order valence-electron chi connectivity index (χ1n) is 10.4. The van der Waals surface area contributed by atoms with Gasteiger partial charge in [0.25, 0.3) is 5.56 Å². The highest BCUT2D eigenvalue weighted by Crippen LogP contribution is 2.30. The molecule has 0 spiro atoms. The second-order valence-corrected chi connectivity index (χ2v) is 9.47. The topological polar surface area (TPSA) is 136 Å². The molecule has 2 saturated heterocycles. The highest BCUT2D eigenvalue weighted by Gasteiger charge is 2.30. The van der Waals surface area contributed by atoms with Gasteiger partial charge in [0, 0.05) is 30.0 Å². The molecule has 11 nitrogen and oxygen atoms in total. The van der Waals surface area contributed by atoms with Gasteiger partial charge in [0.05, 0.1) is 61.5 Å². The van der Waals surface area contributed by atoms with Crippen LogP contribution < -0.4 is 20.4 Å². The van der Waals surface area contributed by atoms with Gasteiger partial charge >= 0.3 is 0 Å². The van der Waals surface area contributed by atoms with Crippen LogP contribution in [0.15, 0.2) is 35.5 Å². The van der Waals surface area contributed by atoms with Crippen LogP contribution in [0.1, 0.15) is 0 Å². The summed E-state index contributed by atoms with van der Waals surface area (Å²) in [5.41, 5.74) is 0.652. The predicted octanol–water partition coefficient (Wildman–Crippen LogP) is 0.861. The average molecular weight is 458 g/mol. The number of anilines is 3. The Labute approximate surface area is 186 Å². The van der Waals surface area contributed by atoms with Crippen LogP contribution in [-0.2, 0) is 15.5 Å². The monoisotopic (exact) mass is 457 g/mol. The van der Waals surface area contributed by atoms with Gasteiger partial charge in [0.2, 0.25) is 5.82 Å². The predicted molar refractivity (Wildman–Crippen MR) is 123 cm³/mol. The molecule has 2 aliphatic rings. The minimum atomic E-state index is -0.983. The Morgan fingerprint density at radius 1 is 1.19 bits per heavy atom. The van der Waals surface area contributed by atoms with Crippen LogP contribution in [0.4, 0.5) is 23.1 Å². The molecule has 0 aromatic carbocycles. The largest absolute Gasteiger partial charge is 0.626 e. The van der Waals surface area contributed by atoms with E-state index >= 15 is 0 Å². The van der Waals surface area contributed by atoms with Gasteiger partial charge in [-0.1, -0.05) is 0 Å². The molecule has 3 aromatic rings. The van der Waals surface area contributed by atoms with Gasteiger partial charge < -0.3 is 29.8 Å². The molecule has 0 unspecified atom stereocenters. The van der Waals surface area contributed by atoms with Crippen LogP contribution >= 0.6 is 0 Å². The highest BCUT2D eigenvalue weighted by atomic mass is 32.2. The van der Waals surface area contributed by atoms with E-state index in [1.54, 1.807) is 12.3 Å². The number of H-pyrrole nitrogens is 1. The Kier molecular flexibility index (Phi) is 5.59. The number of pyridine rings is 2. The van der Waals surface area contributed by atoms with E-state index in [9.17, 15) is 14.2 Å². The van der Waals surface area contributed by atoms with E-state index in [1.165, 1.54) is 6.33 Å². The molecule has 0 atom stereocenters. The molecule has 5 rings (SSSR count). The van der Waals surface area contributed by atoms with Gasteiger partial charge in [-0.15, -0.1) is 0 Å². The minimum absolute atomic E-state index is 0.170. The third-order valence-corrected chi connectivity index (χ3v) is 7.01. The van der Waals surface area contributed by atoms with Crippen molar-refractivity contribution in [3.8, 4) is 0 Å². The Morgan fingerprint density at radius 2 is 1.97 bits per heavy atom. The number of quaternary nitrogens is 1. The van der Waals surface area contributed by atoms with E-state index in [4.69, 9.17) is 4.74 Å². The zero-order valence-electron chi connectivity index (χ0n) is 17.3. The number of hydrogen-bond donors (Lipinski definition) is 2. The molecule has 32 heavy (non-hydrogen) atoms. The number of morpholine rings is 1. The number of aromatic amines is 1. The normalized spacial score (nSPS) is 23.9. The summed E-state index contributed by atoms with van der Waals surface area (Å²) in [6, 6.07) is 5.30. The molecule has 0 saturated carbocycles. The number of rotatable bonds is 4. The summed E-state index contributed by atoms with van der Waals surface area (Å²) in [6.45, 7) is 3.24. The maximum Gasteiger partial charge on any atom is 0.262 e. The Balaban J connectivity index is 1.50. The summed E-state index contributed by atoms with van der Waals surface area (Å²) >= 11 is 0. The van der Waals surface area contributed by atoms with Crippen molar-refractivity contribution in [1.82, 2.24) is 24.6 Å². The second kappa shape index (κ2) is 8.54. The quantitative estimate of drug-likeness (QED) is 0.432. The molecule has 3 aromatic heterocycles. The van der Waals surface area contributed by atoms with Crippen molar-refractivity contribution in [2.45, 2.75) is 0 Å². The van der Waals surface area contributed by atoms with Crippen LogP contribution in [0.2, 0.25) is 0 Å². The van der Waals surface area contributed by atoms with E-state index in [2.05, 4.69) is 30.2 Å². The Bertz CT molecular complexity index is 1200. The minimum Gasteiger partial charge on any atom is -0.626 e. The number of aromatic nitrogens is 4. The van der Waals surface area contributed by atoms with E-state index in [1.807, 2.05) is 12.1 Å². The molecule has 168 valence electrons. The van der Waals surface area contributed by atoms with Crippen LogP contribution in [0.5, 0.6) is 0 Å². The molecule has 0 aliphatic carbocycles. The van der Waals surface area contributed by atoms with Crippen LogP contribution in [0.3, 0.4) is 0 Å². The fourth-order valence-corrected chi connectivity index (χ4v) is 5.09. The van der Waals surface area contributed by atoms with Gasteiger partial charge in [-0.25, -0.2) is 9.97 Å². The van der Waals surface area contributed by atoms with Gasteiger partial charge in [0.15, 0.2) is 5.82 Å². The summed E-state index contributed by atoms with van der Waals surface area (Å²) in [5, 5.41) is 16.8. The van der Waals surface area contributed by atoms with E-state index < -0.39 is 15.4 Å². The summed E-state index contributed by atoms with van der Waals surface area (Å²) < 4.78 is 16.4. The summed E-state index contributed by atoms with van der Waals surface area (Å²) in [6.07, 6.45) is 2.97. The smallest absolute Gasteiger partial charge is 0.262 e. The zero-order chi connectivity index (χ0) is 22.1. The van der Waals surface area contributed by atoms with Crippen molar-refractivity contribution in [2.24, 2.45) is 0 Å². The Hall–Kier alpha value is -2.93. The zero-order valence-corrected chi connectivity index (χ0v) is 18.1. The molecule has 2 aliphatic heterocycles. The summed E-state index contributed by atoms with van der Waals surface area (Å²) in [7, 11) is -0.983. The SMILES string of the molecule is O=c1[nH]cnc2cc([N+]3([O-])CCS(=O)CC3)nc(Nc3ccc(N4CCOCC4)nc3)c12. The van der Waals surface area contributed by atoms with Crippen molar-refractivity contribution in [3.05, 3.63) is 46.3 Å².